The highest BCUT2D eigenvalue weighted by atomic mass is 15.3. The number of rotatable bonds is 4. The summed E-state index contributed by atoms with van der Waals surface area (Å²) < 4.78 is 1.85. The molecule has 0 saturated carbocycles. The highest BCUT2D eigenvalue weighted by Gasteiger charge is 2.14. The van der Waals surface area contributed by atoms with Crippen molar-refractivity contribution in [1.29, 1.82) is 0 Å². The number of fused-ring (bicyclic) bond motifs is 1. The van der Waals surface area contributed by atoms with E-state index in [4.69, 9.17) is 0 Å². The second-order valence-electron chi connectivity index (χ2n) is 5.58. The summed E-state index contributed by atoms with van der Waals surface area (Å²) in [7, 11) is 0. The molecule has 4 heterocycles. The van der Waals surface area contributed by atoms with Crippen LogP contribution in [0.25, 0.3) is 11.2 Å². The summed E-state index contributed by atoms with van der Waals surface area (Å²) in [5.74, 6) is 1.32. The van der Waals surface area contributed by atoms with E-state index in [1.807, 2.05) is 36.0 Å². The third kappa shape index (κ3) is 2.58. The Bertz CT molecular complexity index is 972. The van der Waals surface area contributed by atoms with E-state index >= 15 is 0 Å². The maximum Gasteiger partial charge on any atom is 0.179 e. The maximum atomic E-state index is 4.64. The predicted octanol–water partition coefficient (Wildman–Crippen LogP) is 2.61. The smallest absolute Gasteiger partial charge is 0.179 e. The Balaban J connectivity index is 1.71. The SMILES string of the molecule is Cc1cc(Nc2cnc3cnn([C@@H](C)c4cccnc4)c3n2)n[nH]1. The van der Waals surface area contributed by atoms with Gasteiger partial charge in [-0.15, -0.1) is 0 Å². The Morgan fingerprint density at radius 2 is 2.12 bits per heavy atom. The molecule has 0 amide bonds. The Morgan fingerprint density at radius 1 is 1.21 bits per heavy atom. The van der Waals surface area contributed by atoms with Gasteiger partial charge in [0.1, 0.15) is 5.52 Å². The highest BCUT2D eigenvalue weighted by Crippen LogP contribution is 2.22. The topological polar surface area (TPSA) is 97.2 Å². The number of hydrogen-bond acceptors (Lipinski definition) is 6. The van der Waals surface area contributed by atoms with Gasteiger partial charge in [0.2, 0.25) is 0 Å². The van der Waals surface area contributed by atoms with Crippen molar-refractivity contribution in [2.45, 2.75) is 19.9 Å². The van der Waals surface area contributed by atoms with Crippen molar-refractivity contribution in [2.75, 3.05) is 5.32 Å². The molecule has 4 aromatic rings. The second-order valence-corrected chi connectivity index (χ2v) is 5.58. The maximum absolute atomic E-state index is 4.64. The molecule has 0 bridgehead atoms. The minimum absolute atomic E-state index is 0.00776. The van der Waals surface area contributed by atoms with Crippen molar-refractivity contribution in [3.8, 4) is 0 Å². The van der Waals surface area contributed by atoms with Gasteiger partial charge in [0.15, 0.2) is 17.3 Å². The zero-order valence-electron chi connectivity index (χ0n) is 13.3. The first-order valence-corrected chi connectivity index (χ1v) is 7.60. The molecule has 0 unspecified atom stereocenters. The van der Waals surface area contributed by atoms with Gasteiger partial charge in [-0.1, -0.05) is 6.07 Å². The first kappa shape index (κ1) is 14.3. The molecule has 4 rings (SSSR count). The average molecular weight is 320 g/mol. The Kier molecular flexibility index (Phi) is 3.42. The van der Waals surface area contributed by atoms with E-state index in [-0.39, 0.29) is 6.04 Å². The summed E-state index contributed by atoms with van der Waals surface area (Å²) in [6.45, 7) is 4.00. The number of aryl methyl sites for hydroxylation is 1. The van der Waals surface area contributed by atoms with Crippen LogP contribution in [0.2, 0.25) is 0 Å². The van der Waals surface area contributed by atoms with Crippen LogP contribution in [0.15, 0.2) is 43.0 Å². The number of nitrogens with one attached hydrogen (secondary N) is 2. The lowest BCUT2D eigenvalue weighted by molar-refractivity contribution is 0.577. The molecule has 0 saturated heterocycles. The fourth-order valence-corrected chi connectivity index (χ4v) is 2.54. The lowest BCUT2D eigenvalue weighted by atomic mass is 10.1. The van der Waals surface area contributed by atoms with Gasteiger partial charge in [-0.2, -0.15) is 10.2 Å². The first-order valence-electron chi connectivity index (χ1n) is 7.60. The predicted molar refractivity (Wildman–Crippen MR) is 90.0 cm³/mol. The molecule has 2 N–H and O–H groups in total. The summed E-state index contributed by atoms with van der Waals surface area (Å²) in [5.41, 5.74) is 3.49. The fraction of sp³-hybridized carbons (Fsp3) is 0.188. The summed E-state index contributed by atoms with van der Waals surface area (Å²) in [6, 6.07) is 5.85. The Labute approximate surface area is 138 Å². The molecule has 1 atom stereocenters. The molecule has 0 aliphatic carbocycles. The van der Waals surface area contributed by atoms with Crippen molar-refractivity contribution < 1.29 is 0 Å². The van der Waals surface area contributed by atoms with Crippen molar-refractivity contribution in [2.24, 2.45) is 0 Å². The molecule has 0 spiro atoms. The molecule has 0 aromatic carbocycles. The Hall–Kier alpha value is -3.29. The van der Waals surface area contributed by atoms with Crippen molar-refractivity contribution in [1.82, 2.24) is 34.9 Å². The number of hydrogen-bond donors (Lipinski definition) is 2. The highest BCUT2D eigenvalue weighted by molar-refractivity contribution is 5.72. The third-order valence-corrected chi connectivity index (χ3v) is 3.80. The average Bonchev–Trinajstić information content (AvgIpc) is 3.21. The first-order chi connectivity index (χ1) is 11.7. The standard InChI is InChI=1S/C16H16N8/c1-10-6-14(23-22-10)20-15-9-18-13-8-19-24(16(13)21-15)11(2)12-4-3-5-17-7-12/h3-9,11H,1-2H3,(H2,20,21,22,23)/t11-/m0/s1. The van der Waals surface area contributed by atoms with Crippen LogP contribution in [0.4, 0.5) is 11.6 Å². The zero-order chi connectivity index (χ0) is 16.5. The van der Waals surface area contributed by atoms with Crippen LogP contribution >= 0.6 is 0 Å². The number of aromatic amines is 1. The van der Waals surface area contributed by atoms with Crippen molar-refractivity contribution in [3.05, 3.63) is 54.2 Å². The van der Waals surface area contributed by atoms with E-state index in [9.17, 15) is 0 Å². The monoisotopic (exact) mass is 320 g/mol. The summed E-state index contributed by atoms with van der Waals surface area (Å²) in [4.78, 5) is 13.2. The van der Waals surface area contributed by atoms with Crippen molar-refractivity contribution >= 4 is 22.8 Å². The number of aromatic nitrogens is 7. The van der Waals surface area contributed by atoms with E-state index in [0.717, 1.165) is 16.8 Å². The number of pyridine rings is 1. The molecule has 24 heavy (non-hydrogen) atoms. The third-order valence-electron chi connectivity index (χ3n) is 3.80. The van der Waals surface area contributed by atoms with Crippen LogP contribution < -0.4 is 5.32 Å². The van der Waals surface area contributed by atoms with Gasteiger partial charge in [0.25, 0.3) is 0 Å². The molecule has 0 radical (unpaired) electrons. The van der Waals surface area contributed by atoms with Gasteiger partial charge in [0, 0.05) is 24.2 Å². The normalized spacial score (nSPS) is 12.4. The van der Waals surface area contributed by atoms with Gasteiger partial charge in [-0.3, -0.25) is 10.1 Å². The number of nitrogens with zero attached hydrogens (tertiary/aromatic N) is 6. The summed E-state index contributed by atoms with van der Waals surface area (Å²) in [5, 5.41) is 14.6. The van der Waals surface area contributed by atoms with E-state index in [0.29, 0.717) is 17.3 Å². The quantitative estimate of drug-likeness (QED) is 0.600. The molecular formula is C16H16N8. The minimum atomic E-state index is 0.00776. The molecule has 8 heteroatoms. The molecular weight excluding hydrogens is 304 g/mol. The van der Waals surface area contributed by atoms with Gasteiger partial charge >= 0.3 is 0 Å². The molecule has 0 fully saturated rings. The summed E-state index contributed by atoms with van der Waals surface area (Å²) >= 11 is 0. The van der Waals surface area contributed by atoms with Gasteiger partial charge < -0.3 is 5.32 Å². The zero-order valence-corrected chi connectivity index (χ0v) is 13.3. The van der Waals surface area contributed by atoms with E-state index in [2.05, 4.69) is 42.5 Å². The van der Waals surface area contributed by atoms with Crippen LogP contribution in [0.1, 0.15) is 24.2 Å². The number of H-pyrrole nitrogens is 1. The lowest BCUT2D eigenvalue weighted by Gasteiger charge is -2.13. The van der Waals surface area contributed by atoms with Gasteiger partial charge in [0.05, 0.1) is 18.4 Å². The fourth-order valence-electron chi connectivity index (χ4n) is 2.54. The van der Waals surface area contributed by atoms with Crippen LogP contribution in [0.3, 0.4) is 0 Å². The van der Waals surface area contributed by atoms with Gasteiger partial charge in [-0.05, 0) is 25.5 Å². The molecule has 8 nitrogen and oxygen atoms in total. The van der Waals surface area contributed by atoms with E-state index < -0.39 is 0 Å². The minimum Gasteiger partial charge on any atom is -0.322 e. The number of anilines is 2. The molecule has 0 aliphatic heterocycles. The molecule has 4 aromatic heterocycles. The summed E-state index contributed by atoms with van der Waals surface area (Å²) in [6.07, 6.45) is 6.98. The van der Waals surface area contributed by atoms with Crippen LogP contribution in [0.5, 0.6) is 0 Å². The largest absolute Gasteiger partial charge is 0.322 e. The molecule has 120 valence electrons. The molecule has 0 aliphatic rings. The Morgan fingerprint density at radius 3 is 2.88 bits per heavy atom. The van der Waals surface area contributed by atoms with E-state index in [1.165, 1.54) is 0 Å². The van der Waals surface area contributed by atoms with Crippen LogP contribution in [0, 0.1) is 6.92 Å². The van der Waals surface area contributed by atoms with Crippen LogP contribution in [-0.2, 0) is 0 Å². The van der Waals surface area contributed by atoms with Gasteiger partial charge in [-0.25, -0.2) is 14.6 Å². The lowest BCUT2D eigenvalue weighted by Crippen LogP contribution is -2.10. The van der Waals surface area contributed by atoms with Crippen molar-refractivity contribution in [3.63, 3.8) is 0 Å². The second kappa shape index (κ2) is 5.73. The van der Waals surface area contributed by atoms with E-state index in [1.54, 1.807) is 18.6 Å². The van der Waals surface area contributed by atoms with Crippen LogP contribution in [-0.4, -0.2) is 34.9 Å².